The molecule has 0 spiro atoms. The van der Waals surface area contributed by atoms with Gasteiger partial charge in [0, 0.05) is 32.4 Å². The first-order chi connectivity index (χ1) is 22.6. The van der Waals surface area contributed by atoms with Gasteiger partial charge in [-0.25, -0.2) is 0 Å². The van der Waals surface area contributed by atoms with Crippen LogP contribution in [-0.4, -0.2) is 114 Å². The number of hydrogen-bond acceptors (Lipinski definition) is 7. The van der Waals surface area contributed by atoms with Crippen molar-refractivity contribution >= 4 is 42.2 Å². The quantitative estimate of drug-likeness (QED) is 0.259. The van der Waals surface area contributed by atoms with E-state index in [2.05, 4.69) is 23.3 Å². The summed E-state index contributed by atoms with van der Waals surface area (Å²) in [5.74, 6) is -1.06. The Morgan fingerprint density at radius 1 is 0.792 bits per heavy atom. The Labute approximate surface area is 292 Å². The highest BCUT2D eigenvalue weighted by molar-refractivity contribution is 7.79. The van der Waals surface area contributed by atoms with E-state index in [9.17, 15) is 24.0 Å². The van der Waals surface area contributed by atoms with Crippen molar-refractivity contribution in [3.05, 3.63) is 35.4 Å². The maximum absolute atomic E-state index is 14.3. The van der Waals surface area contributed by atoms with Crippen molar-refractivity contribution in [2.75, 3.05) is 34.2 Å². The number of likely N-dealkylation sites (tertiary alicyclic amines) is 2. The summed E-state index contributed by atoms with van der Waals surface area (Å²) in [4.78, 5) is 75.4. The van der Waals surface area contributed by atoms with Crippen LogP contribution in [0, 0.1) is 17.8 Å². The number of carbonyl (C=O) groups excluding carboxylic acids is 5. The number of nitrogens with zero attached hydrogens (tertiary/aromatic N) is 4. The van der Waals surface area contributed by atoms with Gasteiger partial charge in [0.2, 0.25) is 29.5 Å². The van der Waals surface area contributed by atoms with Gasteiger partial charge in [-0.05, 0) is 68.7 Å². The van der Waals surface area contributed by atoms with E-state index in [1.165, 1.54) is 4.90 Å². The summed E-state index contributed by atoms with van der Waals surface area (Å²) >= 11 is 4.29. The largest absolute Gasteiger partial charge is 0.350 e. The van der Waals surface area contributed by atoms with Crippen LogP contribution >= 0.6 is 12.6 Å². The normalized spacial score (nSPS) is 20.0. The minimum atomic E-state index is -0.828. The zero-order chi connectivity index (χ0) is 35.9. The Bertz CT molecular complexity index is 1280. The van der Waals surface area contributed by atoms with E-state index in [4.69, 9.17) is 0 Å². The average Bonchev–Trinajstić information content (AvgIpc) is 3.72. The Hall–Kier alpha value is -3.12. The van der Waals surface area contributed by atoms with Crippen molar-refractivity contribution in [1.82, 2.24) is 30.2 Å². The molecule has 0 bridgehead atoms. The third-order valence-corrected chi connectivity index (χ3v) is 10.0. The maximum Gasteiger partial charge on any atom is 0.246 e. The summed E-state index contributed by atoms with van der Waals surface area (Å²) in [6.45, 7) is 12.7. The van der Waals surface area contributed by atoms with Crippen LogP contribution in [0.4, 0.5) is 0 Å². The molecule has 0 saturated carbocycles. The first-order valence-electron chi connectivity index (χ1n) is 17.4. The lowest BCUT2D eigenvalue weighted by atomic mass is 9.96. The molecule has 2 unspecified atom stereocenters. The van der Waals surface area contributed by atoms with E-state index in [0.717, 1.165) is 11.1 Å². The fourth-order valence-electron chi connectivity index (χ4n) is 7.16. The fraction of sp³-hybridized carbons (Fsp3) is 0.694. The summed E-state index contributed by atoms with van der Waals surface area (Å²) in [5, 5.41) is 5.96. The summed E-state index contributed by atoms with van der Waals surface area (Å²) in [7, 11) is 5.29. The lowest BCUT2D eigenvalue weighted by Crippen LogP contribution is -2.61. The van der Waals surface area contributed by atoms with Gasteiger partial charge in [0.1, 0.15) is 24.2 Å². The van der Waals surface area contributed by atoms with Gasteiger partial charge in [0.25, 0.3) is 0 Å². The number of nitrogens with one attached hydrogen (secondary N) is 2. The number of amides is 5. The highest BCUT2D eigenvalue weighted by Crippen LogP contribution is 2.28. The van der Waals surface area contributed by atoms with Gasteiger partial charge < -0.3 is 25.3 Å². The van der Waals surface area contributed by atoms with Crippen molar-refractivity contribution in [3.8, 4) is 0 Å². The molecule has 268 valence electrons. The molecular weight excluding hydrogens is 628 g/mol. The van der Waals surface area contributed by atoms with Crippen LogP contribution in [0.25, 0.3) is 0 Å². The molecule has 1 aromatic carbocycles. The van der Waals surface area contributed by atoms with Crippen molar-refractivity contribution in [3.63, 3.8) is 0 Å². The molecule has 2 N–H and O–H groups in total. The molecule has 12 heteroatoms. The molecule has 0 aliphatic carbocycles. The van der Waals surface area contributed by atoms with E-state index >= 15 is 0 Å². The van der Waals surface area contributed by atoms with E-state index in [0.29, 0.717) is 51.1 Å². The minimum absolute atomic E-state index is 0.0343. The Morgan fingerprint density at radius 3 is 1.85 bits per heavy atom. The van der Waals surface area contributed by atoms with Crippen molar-refractivity contribution in [1.29, 1.82) is 0 Å². The van der Waals surface area contributed by atoms with E-state index in [-0.39, 0.29) is 47.3 Å². The molecule has 5 atom stereocenters. The molecule has 0 aromatic heterocycles. The second kappa shape index (κ2) is 17.5. The van der Waals surface area contributed by atoms with Crippen LogP contribution in [0.5, 0.6) is 0 Å². The Morgan fingerprint density at radius 2 is 1.33 bits per heavy atom. The van der Waals surface area contributed by atoms with Crippen LogP contribution in [0.3, 0.4) is 0 Å². The predicted octanol–water partition coefficient (Wildman–Crippen LogP) is 2.92. The maximum atomic E-state index is 14.3. The highest BCUT2D eigenvalue weighted by Gasteiger charge is 2.45. The van der Waals surface area contributed by atoms with Gasteiger partial charge in [0.15, 0.2) is 0 Å². The third-order valence-electron chi connectivity index (χ3n) is 9.67. The minimum Gasteiger partial charge on any atom is -0.350 e. The topological polar surface area (TPSA) is 122 Å². The molecule has 2 fully saturated rings. The number of rotatable bonds is 14. The Balaban J connectivity index is 1.74. The van der Waals surface area contributed by atoms with E-state index < -0.39 is 30.2 Å². The second-order valence-corrected chi connectivity index (χ2v) is 14.9. The summed E-state index contributed by atoms with van der Waals surface area (Å²) in [6, 6.07) is 4.53. The van der Waals surface area contributed by atoms with Gasteiger partial charge in [-0.1, -0.05) is 65.8 Å². The first-order valence-corrected chi connectivity index (χ1v) is 18.0. The zero-order valence-electron chi connectivity index (χ0n) is 30.4. The molecule has 11 nitrogen and oxygen atoms in total. The summed E-state index contributed by atoms with van der Waals surface area (Å²) in [6.07, 6.45) is 2.43. The molecule has 2 aliphatic rings. The first kappa shape index (κ1) is 39.3. The van der Waals surface area contributed by atoms with E-state index in [1.54, 1.807) is 16.8 Å². The van der Waals surface area contributed by atoms with Gasteiger partial charge in [0.05, 0.1) is 6.04 Å². The number of carbonyl (C=O) groups is 5. The molecule has 5 amide bonds. The van der Waals surface area contributed by atoms with Gasteiger partial charge in [-0.2, -0.15) is 12.6 Å². The van der Waals surface area contributed by atoms with Gasteiger partial charge in [-0.15, -0.1) is 0 Å². The lowest BCUT2D eigenvalue weighted by Gasteiger charge is -2.38. The predicted molar refractivity (Wildman–Crippen MR) is 191 cm³/mol. The smallest absolute Gasteiger partial charge is 0.246 e. The van der Waals surface area contributed by atoms with Crippen molar-refractivity contribution < 1.29 is 24.0 Å². The highest BCUT2D eigenvalue weighted by atomic mass is 32.1. The van der Waals surface area contributed by atoms with Crippen LogP contribution < -0.4 is 10.6 Å². The average molecular weight is 687 g/mol. The molecule has 48 heavy (non-hydrogen) atoms. The number of likely N-dealkylation sites (N-methyl/N-ethyl adjacent to an activating group) is 2. The summed E-state index contributed by atoms with van der Waals surface area (Å²) < 4.78 is 0. The monoisotopic (exact) mass is 686 g/mol. The van der Waals surface area contributed by atoms with Gasteiger partial charge >= 0.3 is 0 Å². The molecule has 0 radical (unpaired) electrons. The van der Waals surface area contributed by atoms with Gasteiger partial charge in [-0.3, -0.25) is 28.9 Å². The summed E-state index contributed by atoms with van der Waals surface area (Å²) in [5.41, 5.74) is 2.06. The molecule has 2 saturated heterocycles. The van der Waals surface area contributed by atoms with E-state index in [1.807, 2.05) is 84.8 Å². The van der Waals surface area contributed by atoms with Crippen LogP contribution in [-0.2, 0) is 36.3 Å². The fourth-order valence-corrected chi connectivity index (χ4v) is 7.37. The number of benzene rings is 1. The molecule has 1 aromatic rings. The standard InChI is InChI=1S/C36H58N6O5S/c1-22(2)29(38-33(44)30(23(3)4)39(7)8)35(46)40(9)31(24(5)6)36(47)42-19-11-13-28(42)34(45)41-18-10-12-27(41)32(43)37-20-25-14-16-26(21-48)17-15-25/h14-17,22-24,27-31,48H,10-13,18-21H2,1-9H3,(H,37,43)(H,38,44)/t27-,28-,29-,30?,31?/m0/s1. The SMILES string of the molecule is CC(C)C(C(=O)N[C@H](C(=O)N(C)C(C(=O)N1CCC[C@H]1C(=O)N1CCC[C@H]1C(=O)NCc1ccc(CS)cc1)C(C)C)C(C)C)N(C)C. The molecule has 2 aliphatic heterocycles. The molecule has 2 heterocycles. The van der Waals surface area contributed by atoms with Crippen LogP contribution in [0.1, 0.15) is 78.4 Å². The molecular formula is C36H58N6O5S. The third kappa shape index (κ3) is 9.31. The van der Waals surface area contributed by atoms with Crippen LogP contribution in [0.2, 0.25) is 0 Å². The second-order valence-electron chi connectivity index (χ2n) is 14.6. The lowest BCUT2D eigenvalue weighted by molar-refractivity contribution is -0.153. The van der Waals surface area contributed by atoms with Crippen LogP contribution in [0.15, 0.2) is 24.3 Å². The molecule has 3 rings (SSSR count). The zero-order valence-corrected chi connectivity index (χ0v) is 31.3. The Kier molecular flexibility index (Phi) is 14.3. The number of hydrogen-bond donors (Lipinski definition) is 3. The van der Waals surface area contributed by atoms with Crippen molar-refractivity contribution in [2.24, 2.45) is 17.8 Å². The van der Waals surface area contributed by atoms with Crippen molar-refractivity contribution in [2.45, 2.75) is 110 Å². The number of thiol groups is 1.